The van der Waals surface area contributed by atoms with E-state index in [0.717, 1.165) is 71.3 Å². The molecule has 0 aliphatic heterocycles. The van der Waals surface area contributed by atoms with Gasteiger partial charge in [0.2, 0.25) is 0 Å². The first-order valence-electron chi connectivity index (χ1n) is 14.3. The van der Waals surface area contributed by atoms with Crippen LogP contribution >= 0.6 is 0 Å². The summed E-state index contributed by atoms with van der Waals surface area (Å²) in [4.78, 5) is 15.0. The Kier molecular flexibility index (Phi) is 5.16. The number of hydrogen-bond donors (Lipinski definition) is 0. The molecule has 0 N–H and O–H groups in total. The van der Waals surface area contributed by atoms with Crippen molar-refractivity contribution in [1.82, 2.24) is 15.0 Å². The Morgan fingerprint density at radius 3 is 1.84 bits per heavy atom. The molecule has 0 spiro atoms. The van der Waals surface area contributed by atoms with Crippen molar-refractivity contribution >= 4 is 54.6 Å². The zero-order chi connectivity index (χ0) is 29.2. The van der Waals surface area contributed by atoms with Crippen molar-refractivity contribution in [2.45, 2.75) is 0 Å². The van der Waals surface area contributed by atoms with Gasteiger partial charge in [-0.1, -0.05) is 66.7 Å². The van der Waals surface area contributed by atoms with E-state index in [-0.39, 0.29) is 0 Å². The van der Waals surface area contributed by atoms with Gasteiger partial charge in [0.15, 0.2) is 17.5 Å². The highest BCUT2D eigenvalue weighted by Gasteiger charge is 2.18. The number of para-hydroxylation sites is 2. The molecular formula is C38H20N4O2. The Morgan fingerprint density at radius 2 is 1.09 bits per heavy atom. The molecule has 0 unspecified atom stereocenters. The summed E-state index contributed by atoms with van der Waals surface area (Å²) in [5.74, 6) is 1.62. The topological polar surface area (TPSA) is 88.7 Å². The minimum Gasteiger partial charge on any atom is -0.456 e. The third-order valence-electron chi connectivity index (χ3n) is 8.17. The van der Waals surface area contributed by atoms with Gasteiger partial charge in [-0.25, -0.2) is 15.0 Å². The second-order valence-corrected chi connectivity index (χ2v) is 10.7. The maximum absolute atomic E-state index is 9.34. The van der Waals surface area contributed by atoms with Crippen LogP contribution in [0.25, 0.3) is 88.8 Å². The highest BCUT2D eigenvalue weighted by Crippen LogP contribution is 2.38. The van der Waals surface area contributed by atoms with E-state index < -0.39 is 0 Å². The summed E-state index contributed by atoms with van der Waals surface area (Å²) in [6.45, 7) is 0. The number of hydrogen-bond acceptors (Lipinski definition) is 6. The lowest BCUT2D eigenvalue weighted by atomic mass is 10.0. The van der Waals surface area contributed by atoms with Crippen molar-refractivity contribution < 1.29 is 8.83 Å². The van der Waals surface area contributed by atoms with E-state index in [1.807, 2.05) is 72.8 Å². The van der Waals surface area contributed by atoms with Crippen LogP contribution in [-0.2, 0) is 0 Å². The van der Waals surface area contributed by atoms with Crippen molar-refractivity contribution in [2.75, 3.05) is 0 Å². The summed E-state index contributed by atoms with van der Waals surface area (Å²) >= 11 is 0. The molecule has 0 bridgehead atoms. The van der Waals surface area contributed by atoms with Crippen LogP contribution in [0.2, 0.25) is 0 Å². The van der Waals surface area contributed by atoms with Crippen LogP contribution in [0.4, 0.5) is 0 Å². The van der Waals surface area contributed by atoms with Gasteiger partial charge in [-0.2, -0.15) is 5.26 Å². The Balaban J connectivity index is 1.28. The predicted molar refractivity (Wildman–Crippen MR) is 173 cm³/mol. The van der Waals surface area contributed by atoms with E-state index in [0.29, 0.717) is 23.0 Å². The lowest BCUT2D eigenvalue weighted by molar-refractivity contribution is 0.668. The normalized spacial score (nSPS) is 11.6. The van der Waals surface area contributed by atoms with Crippen LogP contribution in [0.5, 0.6) is 0 Å². The number of nitrogens with zero attached hydrogens (tertiary/aromatic N) is 4. The van der Waals surface area contributed by atoms with Crippen LogP contribution in [0.1, 0.15) is 5.56 Å². The van der Waals surface area contributed by atoms with Gasteiger partial charge < -0.3 is 8.83 Å². The molecule has 3 heterocycles. The number of furan rings is 2. The van der Waals surface area contributed by atoms with Crippen LogP contribution in [0.3, 0.4) is 0 Å². The molecule has 6 nitrogen and oxygen atoms in total. The molecule has 0 radical (unpaired) electrons. The molecule has 0 amide bonds. The van der Waals surface area contributed by atoms with Gasteiger partial charge in [-0.05, 0) is 65.4 Å². The minimum absolute atomic E-state index is 0.524. The maximum atomic E-state index is 9.34. The van der Waals surface area contributed by atoms with Gasteiger partial charge in [0, 0.05) is 38.2 Å². The molecule has 6 aromatic carbocycles. The van der Waals surface area contributed by atoms with Crippen molar-refractivity contribution in [2.24, 2.45) is 0 Å². The van der Waals surface area contributed by atoms with Gasteiger partial charge in [0.1, 0.15) is 22.3 Å². The molecule has 0 saturated heterocycles. The first kappa shape index (κ1) is 24.3. The molecule has 0 aliphatic rings. The molecule has 0 saturated carbocycles. The zero-order valence-corrected chi connectivity index (χ0v) is 23.2. The summed E-state index contributed by atoms with van der Waals surface area (Å²) in [6, 6.07) is 41.9. The molecule has 0 fully saturated rings. The van der Waals surface area contributed by atoms with Crippen LogP contribution < -0.4 is 0 Å². The van der Waals surface area contributed by atoms with Gasteiger partial charge in [0.25, 0.3) is 0 Å². The standard InChI is InChI=1S/C38H20N4O2/c39-21-22-12-14-23(15-13-22)36-40-37(42-38(41-36)29-8-5-11-32-35(29)28-7-2-4-10-31(28)43-32)25-16-18-26-24(20-25)17-19-33-34(26)27-6-1-3-9-30(27)44-33/h1-20H. The monoisotopic (exact) mass is 564 g/mol. The summed E-state index contributed by atoms with van der Waals surface area (Å²) in [5, 5.41) is 15.7. The summed E-state index contributed by atoms with van der Waals surface area (Å²) in [6.07, 6.45) is 0. The van der Waals surface area contributed by atoms with E-state index in [1.54, 1.807) is 12.1 Å². The van der Waals surface area contributed by atoms with E-state index in [9.17, 15) is 5.26 Å². The Morgan fingerprint density at radius 1 is 0.477 bits per heavy atom. The lowest BCUT2D eigenvalue weighted by Crippen LogP contribution is -2.00. The molecule has 3 aromatic heterocycles. The zero-order valence-electron chi connectivity index (χ0n) is 23.2. The highest BCUT2D eigenvalue weighted by atomic mass is 16.3. The van der Waals surface area contributed by atoms with Crippen molar-refractivity contribution in [3.63, 3.8) is 0 Å². The van der Waals surface area contributed by atoms with Crippen LogP contribution in [0.15, 0.2) is 130 Å². The van der Waals surface area contributed by atoms with Gasteiger partial charge in [-0.3, -0.25) is 0 Å². The van der Waals surface area contributed by atoms with E-state index in [1.165, 1.54) is 0 Å². The van der Waals surface area contributed by atoms with Crippen molar-refractivity contribution in [1.29, 1.82) is 5.26 Å². The highest BCUT2D eigenvalue weighted by molar-refractivity contribution is 6.19. The van der Waals surface area contributed by atoms with Crippen molar-refractivity contribution in [3.8, 4) is 40.2 Å². The fourth-order valence-corrected chi connectivity index (χ4v) is 6.10. The third-order valence-corrected chi connectivity index (χ3v) is 8.17. The van der Waals surface area contributed by atoms with E-state index in [2.05, 4.69) is 42.5 Å². The van der Waals surface area contributed by atoms with Crippen molar-refractivity contribution in [3.05, 3.63) is 127 Å². The number of benzene rings is 6. The SMILES string of the molecule is N#Cc1ccc(-c2nc(-c3ccc4c(ccc5oc6ccccc6c54)c3)nc(-c3cccc4oc5ccccc5c34)n2)cc1. The molecule has 204 valence electrons. The van der Waals surface area contributed by atoms with Gasteiger partial charge >= 0.3 is 0 Å². The number of rotatable bonds is 3. The first-order valence-corrected chi connectivity index (χ1v) is 14.3. The lowest BCUT2D eigenvalue weighted by Gasteiger charge is -2.10. The Hall–Kier alpha value is -6.32. The molecule has 0 aliphatic carbocycles. The minimum atomic E-state index is 0.524. The van der Waals surface area contributed by atoms with E-state index >= 15 is 0 Å². The van der Waals surface area contributed by atoms with Gasteiger partial charge in [0.05, 0.1) is 11.6 Å². The second-order valence-electron chi connectivity index (χ2n) is 10.7. The molecule has 9 rings (SSSR count). The fourth-order valence-electron chi connectivity index (χ4n) is 6.10. The van der Waals surface area contributed by atoms with Gasteiger partial charge in [-0.15, -0.1) is 0 Å². The summed E-state index contributed by atoms with van der Waals surface area (Å²) in [5.41, 5.74) is 6.41. The fraction of sp³-hybridized carbons (Fsp3) is 0. The first-order chi connectivity index (χ1) is 21.7. The number of aromatic nitrogens is 3. The average molecular weight is 565 g/mol. The van der Waals surface area contributed by atoms with Crippen LogP contribution in [0, 0.1) is 11.3 Å². The molecule has 44 heavy (non-hydrogen) atoms. The van der Waals surface area contributed by atoms with Crippen LogP contribution in [-0.4, -0.2) is 15.0 Å². The molecule has 9 aromatic rings. The smallest absolute Gasteiger partial charge is 0.164 e. The average Bonchev–Trinajstić information content (AvgIpc) is 3.66. The molecule has 0 atom stereocenters. The Labute approximate surface area is 250 Å². The summed E-state index contributed by atoms with van der Waals surface area (Å²) in [7, 11) is 0. The molecular weight excluding hydrogens is 544 g/mol. The molecule has 6 heteroatoms. The maximum Gasteiger partial charge on any atom is 0.164 e. The Bertz CT molecular complexity index is 2620. The third kappa shape index (κ3) is 3.70. The number of nitriles is 1. The second kappa shape index (κ2) is 9.35. The number of fused-ring (bicyclic) bond motifs is 8. The summed E-state index contributed by atoms with van der Waals surface area (Å²) < 4.78 is 12.3. The van der Waals surface area contributed by atoms with E-state index in [4.69, 9.17) is 23.8 Å². The largest absolute Gasteiger partial charge is 0.456 e. The quantitative estimate of drug-likeness (QED) is 0.212. The predicted octanol–water partition coefficient (Wildman–Crippen LogP) is 9.70.